The van der Waals surface area contributed by atoms with Gasteiger partial charge in [0.25, 0.3) is 0 Å². The SMILES string of the molecule is COc1cccc(C(NN)C2CCC(C)CC2)c1F. The molecule has 4 heteroatoms. The maximum Gasteiger partial charge on any atom is 0.169 e. The highest BCUT2D eigenvalue weighted by molar-refractivity contribution is 5.33. The molecular formula is C15H23FN2O. The fourth-order valence-electron chi connectivity index (χ4n) is 3.02. The topological polar surface area (TPSA) is 47.3 Å². The zero-order chi connectivity index (χ0) is 13.8. The fraction of sp³-hybridized carbons (Fsp3) is 0.600. The van der Waals surface area contributed by atoms with Crippen LogP contribution in [0.3, 0.4) is 0 Å². The van der Waals surface area contributed by atoms with Gasteiger partial charge in [-0.15, -0.1) is 0 Å². The molecule has 1 aromatic carbocycles. The number of nitrogens with two attached hydrogens (primary N) is 1. The van der Waals surface area contributed by atoms with Crippen LogP contribution in [0.15, 0.2) is 18.2 Å². The van der Waals surface area contributed by atoms with E-state index in [-0.39, 0.29) is 17.6 Å². The Hall–Kier alpha value is -1.13. The third kappa shape index (κ3) is 3.07. The predicted molar refractivity (Wildman–Crippen MR) is 74.1 cm³/mol. The van der Waals surface area contributed by atoms with Crippen LogP contribution in [0.5, 0.6) is 5.75 Å². The van der Waals surface area contributed by atoms with Gasteiger partial charge >= 0.3 is 0 Å². The quantitative estimate of drug-likeness (QED) is 0.650. The maximum atomic E-state index is 14.3. The minimum absolute atomic E-state index is 0.136. The predicted octanol–water partition coefficient (Wildman–Crippen LogP) is 3.17. The molecular weight excluding hydrogens is 243 g/mol. The summed E-state index contributed by atoms with van der Waals surface area (Å²) in [6.45, 7) is 2.27. The van der Waals surface area contributed by atoms with E-state index in [9.17, 15) is 4.39 Å². The van der Waals surface area contributed by atoms with Gasteiger partial charge in [-0.3, -0.25) is 11.3 Å². The van der Waals surface area contributed by atoms with Crippen molar-refractivity contribution in [3.63, 3.8) is 0 Å². The molecule has 0 saturated heterocycles. The Balaban J connectivity index is 2.22. The number of ether oxygens (including phenoxy) is 1. The molecule has 1 aliphatic rings. The highest BCUT2D eigenvalue weighted by atomic mass is 19.1. The van der Waals surface area contributed by atoms with Crippen molar-refractivity contribution in [2.45, 2.75) is 38.6 Å². The molecule has 1 aromatic rings. The molecule has 1 atom stereocenters. The lowest BCUT2D eigenvalue weighted by atomic mass is 9.77. The Morgan fingerprint density at radius 1 is 1.32 bits per heavy atom. The maximum absolute atomic E-state index is 14.3. The molecule has 1 saturated carbocycles. The molecule has 106 valence electrons. The van der Waals surface area contributed by atoms with E-state index in [4.69, 9.17) is 10.6 Å². The van der Waals surface area contributed by atoms with Crippen LogP contribution in [-0.2, 0) is 0 Å². The third-order valence-corrected chi connectivity index (χ3v) is 4.26. The molecule has 3 N–H and O–H groups in total. The van der Waals surface area contributed by atoms with Gasteiger partial charge in [0, 0.05) is 5.56 Å². The highest BCUT2D eigenvalue weighted by Crippen LogP contribution is 2.38. The molecule has 0 amide bonds. The van der Waals surface area contributed by atoms with Gasteiger partial charge in [0.15, 0.2) is 11.6 Å². The van der Waals surface area contributed by atoms with Crippen LogP contribution in [0, 0.1) is 17.7 Å². The van der Waals surface area contributed by atoms with E-state index in [1.165, 1.54) is 20.0 Å². The molecule has 1 aliphatic carbocycles. The van der Waals surface area contributed by atoms with Crippen molar-refractivity contribution in [3.05, 3.63) is 29.6 Å². The van der Waals surface area contributed by atoms with Crippen LogP contribution in [0.1, 0.15) is 44.2 Å². The summed E-state index contributed by atoms with van der Waals surface area (Å²) < 4.78 is 19.4. The van der Waals surface area contributed by atoms with Gasteiger partial charge in [-0.25, -0.2) is 4.39 Å². The molecule has 0 spiro atoms. The van der Waals surface area contributed by atoms with Crippen molar-refractivity contribution in [2.24, 2.45) is 17.7 Å². The Bertz CT molecular complexity index is 417. The molecule has 0 bridgehead atoms. The molecule has 3 nitrogen and oxygen atoms in total. The summed E-state index contributed by atoms with van der Waals surface area (Å²) in [6, 6.07) is 5.10. The Morgan fingerprint density at radius 2 is 2.00 bits per heavy atom. The summed E-state index contributed by atoms with van der Waals surface area (Å²) in [4.78, 5) is 0. The zero-order valence-corrected chi connectivity index (χ0v) is 11.7. The standard InChI is InChI=1S/C15H23FN2O/c1-10-6-8-11(9-7-10)15(18-17)12-4-3-5-13(19-2)14(12)16/h3-5,10-11,15,18H,6-9,17H2,1-2H3. The number of benzene rings is 1. The van der Waals surface area contributed by atoms with Gasteiger partial charge in [-0.2, -0.15) is 0 Å². The van der Waals surface area contributed by atoms with Crippen LogP contribution in [-0.4, -0.2) is 7.11 Å². The molecule has 0 heterocycles. The van der Waals surface area contributed by atoms with Crippen molar-refractivity contribution in [1.82, 2.24) is 5.43 Å². The molecule has 0 aromatic heterocycles. The monoisotopic (exact) mass is 266 g/mol. The Kier molecular flexibility index (Phi) is 4.77. The van der Waals surface area contributed by atoms with Gasteiger partial charge in [0.05, 0.1) is 13.2 Å². The average Bonchev–Trinajstić information content (AvgIpc) is 2.43. The summed E-state index contributed by atoms with van der Waals surface area (Å²) in [6.07, 6.45) is 4.56. The largest absolute Gasteiger partial charge is 0.494 e. The molecule has 19 heavy (non-hydrogen) atoms. The lowest BCUT2D eigenvalue weighted by molar-refractivity contribution is 0.228. The molecule has 1 fully saturated rings. The number of hydrazine groups is 1. The smallest absolute Gasteiger partial charge is 0.169 e. The summed E-state index contributed by atoms with van der Waals surface area (Å²) in [7, 11) is 1.48. The number of nitrogens with one attached hydrogen (secondary N) is 1. The number of rotatable bonds is 4. The van der Waals surface area contributed by atoms with Gasteiger partial charge in [-0.1, -0.05) is 31.9 Å². The molecule has 2 rings (SSSR count). The normalized spacial score (nSPS) is 25.1. The van der Waals surface area contributed by atoms with Gasteiger partial charge in [-0.05, 0) is 30.7 Å². The van der Waals surface area contributed by atoms with Gasteiger partial charge in [0.1, 0.15) is 0 Å². The number of hydrogen-bond donors (Lipinski definition) is 2. The average molecular weight is 266 g/mol. The van der Waals surface area contributed by atoms with Crippen LogP contribution in [0.2, 0.25) is 0 Å². The van der Waals surface area contributed by atoms with E-state index >= 15 is 0 Å². The van der Waals surface area contributed by atoms with E-state index < -0.39 is 0 Å². The van der Waals surface area contributed by atoms with Crippen LogP contribution < -0.4 is 16.0 Å². The first kappa shape index (κ1) is 14.3. The first-order valence-corrected chi connectivity index (χ1v) is 6.96. The van der Waals surface area contributed by atoms with E-state index in [1.807, 2.05) is 6.07 Å². The van der Waals surface area contributed by atoms with E-state index in [0.717, 1.165) is 18.8 Å². The minimum atomic E-state index is -0.299. The second-order valence-electron chi connectivity index (χ2n) is 5.53. The van der Waals surface area contributed by atoms with Crippen molar-refractivity contribution < 1.29 is 9.13 Å². The number of methoxy groups -OCH3 is 1. The van der Waals surface area contributed by atoms with Crippen LogP contribution in [0.4, 0.5) is 4.39 Å². The fourth-order valence-corrected chi connectivity index (χ4v) is 3.02. The first-order valence-electron chi connectivity index (χ1n) is 6.96. The second-order valence-corrected chi connectivity index (χ2v) is 5.53. The van der Waals surface area contributed by atoms with Crippen molar-refractivity contribution in [3.8, 4) is 5.75 Å². The van der Waals surface area contributed by atoms with Crippen molar-refractivity contribution >= 4 is 0 Å². The van der Waals surface area contributed by atoms with Crippen LogP contribution in [0.25, 0.3) is 0 Å². The lowest BCUT2D eigenvalue weighted by Crippen LogP contribution is -2.35. The summed E-state index contributed by atoms with van der Waals surface area (Å²) >= 11 is 0. The molecule has 1 unspecified atom stereocenters. The summed E-state index contributed by atoms with van der Waals surface area (Å²) in [5, 5.41) is 0. The molecule has 0 aliphatic heterocycles. The number of halogens is 1. The van der Waals surface area contributed by atoms with E-state index in [1.54, 1.807) is 12.1 Å². The highest BCUT2D eigenvalue weighted by Gasteiger charge is 2.29. The summed E-state index contributed by atoms with van der Waals surface area (Å²) in [5.74, 6) is 6.81. The van der Waals surface area contributed by atoms with E-state index in [0.29, 0.717) is 11.5 Å². The first-order chi connectivity index (χ1) is 9.17. The van der Waals surface area contributed by atoms with Crippen molar-refractivity contribution in [1.29, 1.82) is 0 Å². The second kappa shape index (κ2) is 6.35. The minimum Gasteiger partial charge on any atom is -0.494 e. The zero-order valence-electron chi connectivity index (χ0n) is 11.7. The van der Waals surface area contributed by atoms with Gasteiger partial charge < -0.3 is 4.74 Å². The van der Waals surface area contributed by atoms with E-state index in [2.05, 4.69) is 12.3 Å². The Morgan fingerprint density at radius 3 is 2.58 bits per heavy atom. The van der Waals surface area contributed by atoms with Gasteiger partial charge in [0.2, 0.25) is 0 Å². The van der Waals surface area contributed by atoms with Crippen molar-refractivity contribution in [2.75, 3.05) is 7.11 Å². The number of hydrogen-bond acceptors (Lipinski definition) is 3. The Labute approximate surface area is 114 Å². The lowest BCUT2D eigenvalue weighted by Gasteiger charge is -2.32. The molecule has 0 radical (unpaired) electrons. The summed E-state index contributed by atoms with van der Waals surface area (Å²) in [5.41, 5.74) is 3.41. The third-order valence-electron chi connectivity index (χ3n) is 4.26. The van der Waals surface area contributed by atoms with Crippen LogP contribution >= 0.6 is 0 Å².